The number of rotatable bonds is 7. The molecule has 0 bridgehead atoms. The van der Waals surface area contributed by atoms with Crippen LogP contribution in [-0.4, -0.2) is 22.3 Å². The van der Waals surface area contributed by atoms with Crippen LogP contribution in [0.5, 0.6) is 11.5 Å². The number of non-ortho nitro benzene ring substituents is 1. The van der Waals surface area contributed by atoms with Gasteiger partial charge in [0.15, 0.2) is 15.8 Å². The van der Waals surface area contributed by atoms with Crippen LogP contribution in [-0.2, 0) is 11.4 Å². The van der Waals surface area contributed by atoms with Crippen LogP contribution in [0.1, 0.15) is 11.1 Å². The first-order valence-corrected chi connectivity index (χ1v) is 11.9. The van der Waals surface area contributed by atoms with E-state index in [1.165, 1.54) is 35.9 Å². The van der Waals surface area contributed by atoms with Crippen LogP contribution in [0.25, 0.3) is 6.08 Å². The molecular formula is C24H17BrN2O5S2. The van der Waals surface area contributed by atoms with E-state index in [1.54, 1.807) is 30.3 Å². The van der Waals surface area contributed by atoms with Gasteiger partial charge in [-0.15, -0.1) is 0 Å². The Morgan fingerprint density at radius 2 is 1.79 bits per heavy atom. The quantitative estimate of drug-likeness (QED) is 0.145. The molecule has 1 aliphatic rings. The average Bonchev–Trinajstić information content (AvgIpc) is 3.11. The molecule has 1 amide bonds. The molecule has 10 heteroatoms. The summed E-state index contributed by atoms with van der Waals surface area (Å²) >= 11 is 10.1. The van der Waals surface area contributed by atoms with Gasteiger partial charge in [0.05, 0.1) is 22.6 Å². The lowest BCUT2D eigenvalue weighted by molar-refractivity contribution is -0.384. The lowest BCUT2D eigenvalue weighted by atomic mass is 10.1. The standard InChI is InChI=1S/C24H17BrN2O5S2/c1-31-21-12-16(4-11-20(21)32-14-15-2-7-19(8-3-15)27(29)30)13-22-23(28)26(24(33)34-22)18-9-5-17(25)6-10-18/h2-13H,14H2,1H3/b22-13+. The van der Waals surface area contributed by atoms with Crippen molar-refractivity contribution in [2.45, 2.75) is 6.61 Å². The minimum absolute atomic E-state index is 0.0243. The molecule has 3 aromatic carbocycles. The first kappa shape index (κ1) is 23.9. The highest BCUT2D eigenvalue weighted by atomic mass is 79.9. The zero-order chi connectivity index (χ0) is 24.2. The summed E-state index contributed by atoms with van der Waals surface area (Å²) in [5, 5.41) is 10.8. The second kappa shape index (κ2) is 10.4. The predicted molar refractivity (Wildman–Crippen MR) is 140 cm³/mol. The molecule has 1 fully saturated rings. The Labute approximate surface area is 213 Å². The van der Waals surface area contributed by atoms with E-state index in [-0.39, 0.29) is 18.2 Å². The van der Waals surface area contributed by atoms with Crippen molar-refractivity contribution in [3.8, 4) is 11.5 Å². The fourth-order valence-electron chi connectivity index (χ4n) is 3.20. The van der Waals surface area contributed by atoms with Gasteiger partial charge in [0.2, 0.25) is 0 Å². The van der Waals surface area contributed by atoms with Gasteiger partial charge in [0, 0.05) is 16.6 Å². The summed E-state index contributed by atoms with van der Waals surface area (Å²) < 4.78 is 12.7. The molecule has 0 N–H and O–H groups in total. The molecule has 172 valence electrons. The number of nitrogens with zero attached hydrogens (tertiary/aromatic N) is 2. The molecular weight excluding hydrogens is 540 g/mol. The number of nitro benzene ring substituents is 1. The molecule has 3 aromatic rings. The van der Waals surface area contributed by atoms with Crippen molar-refractivity contribution < 1.29 is 19.2 Å². The molecule has 0 aromatic heterocycles. The predicted octanol–water partition coefficient (Wildman–Crippen LogP) is 6.35. The van der Waals surface area contributed by atoms with Gasteiger partial charge in [-0.3, -0.25) is 19.8 Å². The number of anilines is 1. The Morgan fingerprint density at radius 1 is 1.09 bits per heavy atom. The largest absolute Gasteiger partial charge is 0.493 e. The molecule has 34 heavy (non-hydrogen) atoms. The minimum Gasteiger partial charge on any atom is -0.493 e. The van der Waals surface area contributed by atoms with E-state index in [9.17, 15) is 14.9 Å². The minimum atomic E-state index is -0.445. The number of hydrogen-bond donors (Lipinski definition) is 0. The van der Waals surface area contributed by atoms with Crippen LogP contribution in [0.2, 0.25) is 0 Å². The van der Waals surface area contributed by atoms with Gasteiger partial charge in [-0.2, -0.15) is 0 Å². The van der Waals surface area contributed by atoms with E-state index < -0.39 is 4.92 Å². The van der Waals surface area contributed by atoms with Crippen molar-refractivity contribution in [1.82, 2.24) is 0 Å². The summed E-state index contributed by atoms with van der Waals surface area (Å²) in [5.74, 6) is 0.828. The maximum Gasteiger partial charge on any atom is 0.270 e. The summed E-state index contributed by atoms with van der Waals surface area (Å²) in [6.45, 7) is 0.222. The van der Waals surface area contributed by atoms with Crippen LogP contribution in [0.4, 0.5) is 11.4 Å². The number of ether oxygens (including phenoxy) is 2. The van der Waals surface area contributed by atoms with Gasteiger partial charge < -0.3 is 9.47 Å². The van der Waals surface area contributed by atoms with E-state index in [4.69, 9.17) is 21.7 Å². The van der Waals surface area contributed by atoms with Crippen molar-refractivity contribution in [2.24, 2.45) is 0 Å². The van der Waals surface area contributed by atoms with Crippen LogP contribution < -0.4 is 14.4 Å². The summed E-state index contributed by atoms with van der Waals surface area (Å²) in [7, 11) is 1.53. The monoisotopic (exact) mass is 556 g/mol. The fraction of sp³-hybridized carbons (Fsp3) is 0.0833. The maximum absolute atomic E-state index is 13.0. The number of nitro groups is 1. The Balaban J connectivity index is 1.49. The Kier molecular flexibility index (Phi) is 7.30. The summed E-state index contributed by atoms with van der Waals surface area (Å²) in [6.07, 6.45) is 1.76. The van der Waals surface area contributed by atoms with Gasteiger partial charge >= 0.3 is 0 Å². The highest BCUT2D eigenvalue weighted by Gasteiger charge is 2.33. The van der Waals surface area contributed by atoms with Crippen molar-refractivity contribution in [1.29, 1.82) is 0 Å². The molecule has 0 spiro atoms. The van der Waals surface area contributed by atoms with Crippen LogP contribution in [0, 0.1) is 10.1 Å². The number of halogens is 1. The van der Waals surface area contributed by atoms with Crippen LogP contribution in [0.3, 0.4) is 0 Å². The van der Waals surface area contributed by atoms with E-state index >= 15 is 0 Å². The summed E-state index contributed by atoms with van der Waals surface area (Å²) in [5.41, 5.74) is 2.28. The first-order chi connectivity index (χ1) is 16.4. The van der Waals surface area contributed by atoms with Crippen LogP contribution in [0.15, 0.2) is 76.1 Å². The number of thioether (sulfide) groups is 1. The average molecular weight is 557 g/mol. The topological polar surface area (TPSA) is 81.9 Å². The number of benzene rings is 3. The third kappa shape index (κ3) is 5.30. The second-order valence-electron chi connectivity index (χ2n) is 7.12. The molecule has 1 saturated heterocycles. The van der Waals surface area contributed by atoms with Crippen LogP contribution >= 0.6 is 39.9 Å². The molecule has 7 nitrogen and oxygen atoms in total. The molecule has 1 aliphatic heterocycles. The molecule has 0 aliphatic carbocycles. The number of carbonyl (C=O) groups excluding carboxylic acids is 1. The molecule has 1 heterocycles. The van der Waals surface area contributed by atoms with E-state index in [0.717, 1.165) is 15.6 Å². The van der Waals surface area contributed by atoms with Gasteiger partial charge in [0.1, 0.15) is 6.61 Å². The van der Waals surface area contributed by atoms with Gasteiger partial charge in [-0.25, -0.2) is 0 Å². The number of amides is 1. The smallest absolute Gasteiger partial charge is 0.270 e. The zero-order valence-corrected chi connectivity index (χ0v) is 21.0. The van der Waals surface area contributed by atoms with Crippen molar-refractivity contribution in [3.63, 3.8) is 0 Å². The fourth-order valence-corrected chi connectivity index (χ4v) is 4.76. The number of carbonyl (C=O) groups is 1. The highest BCUT2D eigenvalue weighted by Crippen LogP contribution is 2.37. The third-order valence-electron chi connectivity index (χ3n) is 4.91. The van der Waals surface area contributed by atoms with Gasteiger partial charge in [-0.05, 0) is 65.7 Å². The highest BCUT2D eigenvalue weighted by molar-refractivity contribution is 9.10. The lowest BCUT2D eigenvalue weighted by Crippen LogP contribution is -2.27. The maximum atomic E-state index is 13.0. The Bertz CT molecular complexity index is 1290. The van der Waals surface area contributed by atoms with Crippen molar-refractivity contribution in [3.05, 3.63) is 97.3 Å². The molecule has 0 radical (unpaired) electrons. The zero-order valence-electron chi connectivity index (χ0n) is 17.8. The molecule has 0 unspecified atom stereocenters. The van der Waals surface area contributed by atoms with E-state index in [1.807, 2.05) is 30.3 Å². The normalized spacial score (nSPS) is 14.5. The molecule has 0 saturated carbocycles. The summed E-state index contributed by atoms with van der Waals surface area (Å²) in [6, 6.07) is 18.9. The van der Waals surface area contributed by atoms with E-state index in [2.05, 4.69) is 15.9 Å². The lowest BCUT2D eigenvalue weighted by Gasteiger charge is -2.14. The number of hydrogen-bond acceptors (Lipinski definition) is 7. The van der Waals surface area contributed by atoms with E-state index in [0.29, 0.717) is 26.4 Å². The van der Waals surface area contributed by atoms with Crippen molar-refractivity contribution >= 4 is 67.6 Å². The molecule has 4 rings (SSSR count). The Morgan fingerprint density at radius 3 is 2.44 bits per heavy atom. The number of thiocarbonyl (C=S) groups is 1. The third-order valence-corrected chi connectivity index (χ3v) is 6.74. The SMILES string of the molecule is COc1cc(/C=C2/SC(=S)N(c3ccc(Br)cc3)C2=O)ccc1OCc1ccc([N+](=O)[O-])cc1. The van der Waals surface area contributed by atoms with Gasteiger partial charge in [-0.1, -0.05) is 46.0 Å². The molecule has 0 atom stereocenters. The Hall–Kier alpha value is -3.21. The second-order valence-corrected chi connectivity index (χ2v) is 9.71. The summed E-state index contributed by atoms with van der Waals surface area (Å²) in [4.78, 5) is 25.4. The number of methoxy groups -OCH3 is 1. The first-order valence-electron chi connectivity index (χ1n) is 9.93. The van der Waals surface area contributed by atoms with Crippen molar-refractivity contribution in [2.75, 3.05) is 12.0 Å². The van der Waals surface area contributed by atoms with Gasteiger partial charge in [0.25, 0.3) is 11.6 Å².